The molecule has 2 aromatic rings. The number of phenolic OH excluding ortho intramolecular Hbond substituents is 1. The van der Waals surface area contributed by atoms with Crippen molar-refractivity contribution in [1.82, 2.24) is 9.55 Å². The van der Waals surface area contributed by atoms with Gasteiger partial charge in [0.2, 0.25) is 5.91 Å². The molecule has 0 aliphatic carbocycles. The van der Waals surface area contributed by atoms with Crippen LogP contribution in [0.4, 0.5) is 5.82 Å². The molecule has 25 heavy (non-hydrogen) atoms. The maximum absolute atomic E-state index is 12.7. The Labute approximate surface area is 152 Å². The lowest BCUT2D eigenvalue weighted by Gasteiger charge is -2.28. The van der Waals surface area contributed by atoms with E-state index in [0.29, 0.717) is 36.6 Å². The van der Waals surface area contributed by atoms with Gasteiger partial charge in [-0.05, 0) is 28.1 Å². The van der Waals surface area contributed by atoms with Gasteiger partial charge < -0.3 is 20.5 Å². The number of para-hydroxylation sites is 1. The number of halogens is 1. The molecule has 1 aromatic carbocycles. The SMILES string of the molecule is NC(=O)Cc1nc(N2CCOCC2)cc(=O)n1-c1cccc(Br)c1O. The molecule has 9 heteroatoms. The highest BCUT2D eigenvalue weighted by Gasteiger charge is 2.20. The maximum Gasteiger partial charge on any atom is 0.260 e. The van der Waals surface area contributed by atoms with Gasteiger partial charge in [0.05, 0.1) is 29.8 Å². The van der Waals surface area contributed by atoms with Crippen LogP contribution < -0.4 is 16.2 Å². The number of hydrogen-bond acceptors (Lipinski definition) is 6. The number of aromatic nitrogens is 2. The lowest BCUT2D eigenvalue weighted by molar-refractivity contribution is -0.117. The molecule has 1 aliphatic heterocycles. The first-order valence-corrected chi connectivity index (χ1v) is 8.48. The van der Waals surface area contributed by atoms with Gasteiger partial charge in [0.1, 0.15) is 11.6 Å². The van der Waals surface area contributed by atoms with E-state index in [1.807, 2.05) is 4.90 Å². The van der Waals surface area contributed by atoms with E-state index < -0.39 is 11.5 Å². The minimum Gasteiger partial charge on any atom is -0.505 e. The number of nitrogens with zero attached hydrogens (tertiary/aromatic N) is 3. The van der Waals surface area contributed by atoms with Gasteiger partial charge in [-0.25, -0.2) is 4.98 Å². The predicted molar refractivity (Wildman–Crippen MR) is 95.1 cm³/mol. The molecule has 1 aromatic heterocycles. The summed E-state index contributed by atoms with van der Waals surface area (Å²) in [6.07, 6.45) is -0.223. The van der Waals surface area contributed by atoms with Crippen LogP contribution in [0.3, 0.4) is 0 Å². The molecular weight excluding hydrogens is 392 g/mol. The summed E-state index contributed by atoms with van der Waals surface area (Å²) in [5.74, 6) is -0.0873. The van der Waals surface area contributed by atoms with Crippen LogP contribution in [0.25, 0.3) is 5.69 Å². The first kappa shape index (κ1) is 17.4. The molecule has 132 valence electrons. The van der Waals surface area contributed by atoms with Gasteiger partial charge in [-0.3, -0.25) is 14.2 Å². The van der Waals surface area contributed by atoms with E-state index in [1.165, 1.54) is 10.6 Å². The summed E-state index contributed by atoms with van der Waals surface area (Å²) in [5, 5.41) is 10.3. The largest absolute Gasteiger partial charge is 0.505 e. The average molecular weight is 409 g/mol. The number of benzene rings is 1. The number of carbonyl (C=O) groups is 1. The van der Waals surface area contributed by atoms with Crippen molar-refractivity contribution in [2.45, 2.75) is 6.42 Å². The van der Waals surface area contributed by atoms with Crippen molar-refractivity contribution in [2.24, 2.45) is 5.73 Å². The zero-order valence-electron chi connectivity index (χ0n) is 13.3. The summed E-state index contributed by atoms with van der Waals surface area (Å²) in [6, 6.07) is 6.28. The normalized spacial score (nSPS) is 14.5. The second-order valence-corrected chi connectivity index (χ2v) is 6.41. The highest BCUT2D eigenvalue weighted by molar-refractivity contribution is 9.10. The van der Waals surface area contributed by atoms with Crippen molar-refractivity contribution < 1.29 is 14.6 Å². The van der Waals surface area contributed by atoms with Crippen LogP contribution in [0.1, 0.15) is 5.82 Å². The van der Waals surface area contributed by atoms with Crippen LogP contribution in [0, 0.1) is 0 Å². The third-order valence-corrected chi connectivity index (χ3v) is 4.49. The summed E-state index contributed by atoms with van der Waals surface area (Å²) in [5.41, 5.74) is 5.15. The third kappa shape index (κ3) is 3.67. The molecule has 3 N–H and O–H groups in total. The number of carbonyl (C=O) groups excluding carboxylic acids is 1. The van der Waals surface area contributed by atoms with E-state index in [9.17, 15) is 14.7 Å². The fraction of sp³-hybridized carbons (Fsp3) is 0.312. The van der Waals surface area contributed by atoms with Gasteiger partial charge in [-0.1, -0.05) is 6.07 Å². The quantitative estimate of drug-likeness (QED) is 0.764. The van der Waals surface area contributed by atoms with Crippen LogP contribution >= 0.6 is 15.9 Å². The summed E-state index contributed by atoms with van der Waals surface area (Å²) < 4.78 is 6.94. The molecule has 0 atom stereocenters. The zero-order valence-corrected chi connectivity index (χ0v) is 14.9. The zero-order chi connectivity index (χ0) is 18.0. The number of primary amides is 1. The van der Waals surface area contributed by atoms with Crippen LogP contribution in [0.15, 0.2) is 33.5 Å². The number of anilines is 1. The number of rotatable bonds is 4. The van der Waals surface area contributed by atoms with Gasteiger partial charge in [0.15, 0.2) is 5.75 Å². The Morgan fingerprint density at radius 3 is 2.76 bits per heavy atom. The molecule has 0 unspecified atom stereocenters. The van der Waals surface area contributed by atoms with E-state index >= 15 is 0 Å². The molecule has 0 radical (unpaired) electrons. The van der Waals surface area contributed by atoms with E-state index in [-0.39, 0.29) is 23.7 Å². The monoisotopic (exact) mass is 408 g/mol. The van der Waals surface area contributed by atoms with Crippen LogP contribution in [-0.4, -0.2) is 46.9 Å². The standard InChI is InChI=1S/C16H17BrN4O4/c17-10-2-1-3-11(16(10)24)21-14(8-12(18)22)19-13(9-15(21)23)20-4-6-25-7-5-20/h1-3,9,24H,4-8H2,(H2,18,22). The van der Waals surface area contributed by atoms with Gasteiger partial charge >= 0.3 is 0 Å². The molecule has 1 amide bonds. The molecule has 3 rings (SSSR count). The topological polar surface area (TPSA) is 111 Å². The number of nitrogens with two attached hydrogens (primary N) is 1. The number of amides is 1. The van der Waals surface area contributed by atoms with E-state index in [2.05, 4.69) is 20.9 Å². The Morgan fingerprint density at radius 2 is 2.08 bits per heavy atom. The van der Waals surface area contributed by atoms with Crippen molar-refractivity contribution in [3.63, 3.8) is 0 Å². The summed E-state index contributed by atoms with van der Waals surface area (Å²) >= 11 is 3.22. The maximum atomic E-state index is 12.7. The Kier molecular flexibility index (Phi) is 5.05. The molecule has 1 fully saturated rings. The Hall–Kier alpha value is -2.39. The summed E-state index contributed by atoms with van der Waals surface area (Å²) in [6.45, 7) is 2.30. The van der Waals surface area contributed by atoms with Gasteiger partial charge in [0.25, 0.3) is 5.56 Å². The van der Waals surface area contributed by atoms with E-state index in [4.69, 9.17) is 10.5 Å². The van der Waals surface area contributed by atoms with Gasteiger partial charge in [-0.2, -0.15) is 0 Å². The molecule has 0 bridgehead atoms. The highest BCUT2D eigenvalue weighted by Crippen LogP contribution is 2.30. The Morgan fingerprint density at radius 1 is 1.36 bits per heavy atom. The first-order chi connectivity index (χ1) is 12.0. The lowest BCUT2D eigenvalue weighted by Crippen LogP contribution is -2.38. The predicted octanol–water partition coefficient (Wildman–Crippen LogP) is 0.565. The Bertz CT molecular complexity index is 862. The number of ether oxygens (including phenoxy) is 1. The summed E-state index contributed by atoms with van der Waals surface area (Å²) in [4.78, 5) is 30.6. The molecular formula is C16H17BrN4O4. The molecule has 2 heterocycles. The molecule has 1 aliphatic rings. The van der Waals surface area contributed by atoms with Gasteiger partial charge in [0, 0.05) is 19.2 Å². The highest BCUT2D eigenvalue weighted by atomic mass is 79.9. The third-order valence-electron chi connectivity index (χ3n) is 3.85. The first-order valence-electron chi connectivity index (χ1n) is 7.69. The smallest absolute Gasteiger partial charge is 0.260 e. The minimum absolute atomic E-state index is 0.115. The molecule has 0 spiro atoms. The number of hydrogen-bond donors (Lipinski definition) is 2. The second kappa shape index (κ2) is 7.24. The van der Waals surface area contributed by atoms with Crippen molar-refractivity contribution >= 4 is 27.7 Å². The Balaban J connectivity index is 2.15. The van der Waals surface area contributed by atoms with Crippen LogP contribution in [0.2, 0.25) is 0 Å². The van der Waals surface area contributed by atoms with Crippen LogP contribution in [-0.2, 0) is 16.0 Å². The van der Waals surface area contributed by atoms with Gasteiger partial charge in [-0.15, -0.1) is 0 Å². The van der Waals surface area contributed by atoms with Crippen molar-refractivity contribution in [3.05, 3.63) is 44.9 Å². The molecule has 0 saturated carbocycles. The van der Waals surface area contributed by atoms with Crippen molar-refractivity contribution in [2.75, 3.05) is 31.2 Å². The average Bonchev–Trinajstić information content (AvgIpc) is 2.58. The van der Waals surface area contributed by atoms with E-state index in [1.54, 1.807) is 18.2 Å². The molecule has 1 saturated heterocycles. The summed E-state index contributed by atoms with van der Waals surface area (Å²) in [7, 11) is 0. The van der Waals surface area contributed by atoms with E-state index in [0.717, 1.165) is 0 Å². The fourth-order valence-corrected chi connectivity index (χ4v) is 3.04. The second-order valence-electron chi connectivity index (χ2n) is 5.55. The minimum atomic E-state index is -0.616. The number of aromatic hydroxyl groups is 1. The lowest BCUT2D eigenvalue weighted by atomic mass is 10.2. The number of phenols is 1. The fourth-order valence-electron chi connectivity index (χ4n) is 2.69. The van der Waals surface area contributed by atoms with Crippen molar-refractivity contribution in [1.29, 1.82) is 0 Å². The number of morpholine rings is 1. The van der Waals surface area contributed by atoms with Crippen LogP contribution in [0.5, 0.6) is 5.75 Å². The van der Waals surface area contributed by atoms with Crippen molar-refractivity contribution in [3.8, 4) is 11.4 Å². The molecule has 8 nitrogen and oxygen atoms in total.